The predicted molar refractivity (Wildman–Crippen MR) is 135 cm³/mol. The topological polar surface area (TPSA) is 101 Å². The average molecular weight is 501 g/mol. The number of rotatable bonds is 9. The van der Waals surface area contributed by atoms with Gasteiger partial charge in [-0.25, -0.2) is 4.98 Å². The van der Waals surface area contributed by atoms with Gasteiger partial charge in [-0.2, -0.15) is 0 Å². The maximum atomic E-state index is 13.0. The summed E-state index contributed by atoms with van der Waals surface area (Å²) in [7, 11) is 1.84. The van der Waals surface area contributed by atoms with Gasteiger partial charge in [-0.1, -0.05) is 37.3 Å². The minimum absolute atomic E-state index is 0.235. The molecule has 1 aliphatic carbocycles. The van der Waals surface area contributed by atoms with Crippen molar-refractivity contribution in [3.8, 4) is 0 Å². The lowest BCUT2D eigenvalue weighted by Gasteiger charge is -2.20. The summed E-state index contributed by atoms with van der Waals surface area (Å²) < 4.78 is 1.77. The Kier molecular flexibility index (Phi) is 7.84. The fourth-order valence-electron chi connectivity index (χ4n) is 4.19. The lowest BCUT2D eigenvalue weighted by molar-refractivity contribution is -0.118. The zero-order chi connectivity index (χ0) is 24.1. The van der Waals surface area contributed by atoms with Crippen LogP contribution < -0.4 is 16.0 Å². The molecule has 0 saturated heterocycles. The minimum Gasteiger partial charge on any atom is -0.379 e. The molecule has 2 amide bonds. The first-order valence-electron chi connectivity index (χ1n) is 11.4. The van der Waals surface area contributed by atoms with Crippen molar-refractivity contribution in [2.75, 3.05) is 10.6 Å². The van der Waals surface area contributed by atoms with Gasteiger partial charge >= 0.3 is 0 Å². The van der Waals surface area contributed by atoms with E-state index < -0.39 is 6.04 Å². The molecule has 8 nitrogen and oxygen atoms in total. The van der Waals surface area contributed by atoms with Crippen LogP contribution in [0.15, 0.2) is 36.9 Å². The molecule has 1 atom stereocenters. The number of carbonyl (C=O) groups is 2. The Bertz CT molecular complexity index is 1150. The lowest BCUT2D eigenvalue weighted by atomic mass is 9.97. The van der Waals surface area contributed by atoms with Crippen LogP contribution in [0.3, 0.4) is 0 Å². The van der Waals surface area contributed by atoms with Crippen molar-refractivity contribution in [1.82, 2.24) is 19.9 Å². The molecule has 1 saturated carbocycles. The number of nitrogens with zero attached hydrogens (tertiary/aromatic N) is 3. The molecule has 0 aromatic carbocycles. The van der Waals surface area contributed by atoms with Gasteiger partial charge in [0.1, 0.15) is 6.04 Å². The number of amides is 2. The van der Waals surface area contributed by atoms with Crippen LogP contribution in [0, 0.1) is 12.8 Å². The smallest absolute Gasteiger partial charge is 0.262 e. The van der Waals surface area contributed by atoms with Crippen molar-refractivity contribution in [3.05, 3.63) is 57.4 Å². The summed E-state index contributed by atoms with van der Waals surface area (Å²) in [5.74, 6) is 0.447. The van der Waals surface area contributed by atoms with Crippen LogP contribution in [0.1, 0.15) is 52.3 Å². The molecular formula is C24H29ClN6O2S. The number of anilines is 2. The van der Waals surface area contributed by atoms with Gasteiger partial charge in [-0.15, -0.1) is 11.3 Å². The highest BCUT2D eigenvalue weighted by Crippen LogP contribution is 2.29. The number of pyridine rings is 1. The zero-order valence-corrected chi connectivity index (χ0v) is 20.9. The van der Waals surface area contributed by atoms with Crippen molar-refractivity contribution < 1.29 is 9.59 Å². The van der Waals surface area contributed by atoms with Gasteiger partial charge in [0.25, 0.3) is 5.91 Å². The van der Waals surface area contributed by atoms with Crippen molar-refractivity contribution in [2.24, 2.45) is 13.0 Å². The molecule has 0 aliphatic heterocycles. The molecule has 3 heterocycles. The Morgan fingerprint density at radius 2 is 2.06 bits per heavy atom. The van der Waals surface area contributed by atoms with Crippen molar-refractivity contribution in [1.29, 1.82) is 0 Å². The molecule has 3 aromatic rings. The maximum Gasteiger partial charge on any atom is 0.262 e. The summed E-state index contributed by atoms with van der Waals surface area (Å²) in [6, 6.07) is 4.93. The number of aromatic nitrogens is 3. The first-order chi connectivity index (χ1) is 16.4. The highest BCUT2D eigenvalue weighted by atomic mass is 35.5. The van der Waals surface area contributed by atoms with Gasteiger partial charge in [-0.3, -0.25) is 14.6 Å². The Morgan fingerprint density at radius 1 is 1.26 bits per heavy atom. The third kappa shape index (κ3) is 6.36. The fraction of sp³-hybridized carbons (Fsp3) is 0.417. The van der Waals surface area contributed by atoms with Gasteiger partial charge < -0.3 is 20.5 Å². The average Bonchev–Trinajstić information content (AvgIpc) is 3.56. The molecule has 3 aromatic heterocycles. The van der Waals surface area contributed by atoms with Crippen molar-refractivity contribution in [3.63, 3.8) is 0 Å². The second-order valence-electron chi connectivity index (χ2n) is 8.73. The summed E-state index contributed by atoms with van der Waals surface area (Å²) in [5.41, 5.74) is 1.71. The van der Waals surface area contributed by atoms with Gasteiger partial charge in [-0.05, 0) is 37.5 Å². The molecule has 4 rings (SSSR count). The molecular weight excluding hydrogens is 472 g/mol. The monoisotopic (exact) mass is 500 g/mol. The lowest BCUT2D eigenvalue weighted by Crippen LogP contribution is -2.44. The Morgan fingerprint density at radius 3 is 2.79 bits per heavy atom. The molecule has 1 unspecified atom stereocenters. The van der Waals surface area contributed by atoms with Gasteiger partial charge in [0.05, 0.1) is 27.6 Å². The van der Waals surface area contributed by atoms with E-state index >= 15 is 0 Å². The molecule has 0 radical (unpaired) electrons. The molecule has 34 heavy (non-hydrogen) atoms. The molecule has 0 spiro atoms. The SMILES string of the molecule is Cc1ncc(Cl)cc1NCc1ccc(C(=O)NC(CC2CCCC2)C(=O)Nc2cn(C)cn2)s1. The number of nitrogens with one attached hydrogen (secondary N) is 3. The van der Waals surface area contributed by atoms with Crippen LogP contribution >= 0.6 is 22.9 Å². The second kappa shape index (κ2) is 11.0. The molecule has 3 N–H and O–H groups in total. The largest absolute Gasteiger partial charge is 0.379 e. The number of hydrogen-bond acceptors (Lipinski definition) is 6. The number of carbonyl (C=O) groups excluding carboxylic acids is 2. The van der Waals surface area contributed by atoms with Gasteiger partial charge in [0.15, 0.2) is 5.82 Å². The van der Waals surface area contributed by atoms with Crippen LogP contribution in [-0.4, -0.2) is 32.4 Å². The van der Waals surface area contributed by atoms with E-state index in [4.69, 9.17) is 11.6 Å². The van der Waals surface area contributed by atoms with Crippen LogP contribution in [0.4, 0.5) is 11.5 Å². The van der Waals surface area contributed by atoms with Crippen LogP contribution in [-0.2, 0) is 18.4 Å². The number of halogens is 1. The third-order valence-electron chi connectivity index (χ3n) is 6.01. The molecule has 1 aliphatic rings. The summed E-state index contributed by atoms with van der Waals surface area (Å²) in [6.45, 7) is 2.46. The quantitative estimate of drug-likeness (QED) is 0.393. The zero-order valence-electron chi connectivity index (χ0n) is 19.3. The highest BCUT2D eigenvalue weighted by molar-refractivity contribution is 7.14. The molecule has 10 heteroatoms. The van der Waals surface area contributed by atoms with Crippen LogP contribution in [0.25, 0.3) is 0 Å². The second-order valence-corrected chi connectivity index (χ2v) is 10.3. The highest BCUT2D eigenvalue weighted by Gasteiger charge is 2.28. The van der Waals surface area contributed by atoms with Crippen molar-refractivity contribution in [2.45, 2.75) is 51.6 Å². The van der Waals surface area contributed by atoms with E-state index in [1.807, 2.05) is 26.1 Å². The summed E-state index contributed by atoms with van der Waals surface area (Å²) in [5, 5.41) is 9.69. The number of hydrogen-bond donors (Lipinski definition) is 3. The first-order valence-corrected chi connectivity index (χ1v) is 12.6. The van der Waals surface area contributed by atoms with Crippen molar-refractivity contribution >= 4 is 46.3 Å². The number of thiophene rings is 1. The fourth-order valence-corrected chi connectivity index (χ4v) is 5.20. The Labute approximate surface area is 208 Å². The van der Waals surface area contributed by atoms with E-state index in [0.29, 0.717) is 34.6 Å². The van der Waals surface area contributed by atoms with E-state index in [2.05, 4.69) is 25.9 Å². The van der Waals surface area contributed by atoms with Gasteiger partial charge in [0.2, 0.25) is 5.91 Å². The minimum atomic E-state index is -0.610. The van der Waals surface area contributed by atoms with E-state index in [1.165, 1.54) is 24.2 Å². The predicted octanol–water partition coefficient (Wildman–Crippen LogP) is 4.77. The molecule has 0 bridgehead atoms. The third-order valence-corrected chi connectivity index (χ3v) is 7.30. The van der Waals surface area contributed by atoms with Gasteiger partial charge in [0, 0.05) is 30.9 Å². The molecule has 1 fully saturated rings. The summed E-state index contributed by atoms with van der Waals surface area (Å²) in [6.07, 6.45) is 10.1. The maximum absolute atomic E-state index is 13.0. The standard InChI is InChI=1S/C24H29ClN6O2S/c1-15-19(10-17(25)11-26-15)27-12-18-7-8-21(34-18)24(33)29-20(9-16-5-3-4-6-16)23(32)30-22-13-31(2)14-28-22/h7-8,10-11,13-14,16,20,27H,3-6,9,12H2,1-2H3,(H,29,33)(H,30,32). The summed E-state index contributed by atoms with van der Waals surface area (Å²) in [4.78, 5) is 36.0. The summed E-state index contributed by atoms with van der Waals surface area (Å²) >= 11 is 7.44. The van der Waals surface area contributed by atoms with E-state index in [1.54, 1.807) is 29.4 Å². The molecule has 180 valence electrons. The number of aryl methyl sites for hydroxylation is 2. The van der Waals surface area contributed by atoms with E-state index in [0.717, 1.165) is 29.1 Å². The Hall–Kier alpha value is -2.91. The normalized spacial score (nSPS) is 14.7. The van der Waals surface area contributed by atoms with E-state index in [9.17, 15) is 9.59 Å². The van der Waals surface area contributed by atoms with E-state index in [-0.39, 0.29) is 11.8 Å². The van der Waals surface area contributed by atoms with Crippen LogP contribution in [0.2, 0.25) is 5.02 Å². The first kappa shape index (κ1) is 24.2. The Balaban J connectivity index is 1.39. The van der Waals surface area contributed by atoms with Crippen LogP contribution in [0.5, 0.6) is 0 Å². The number of imidazole rings is 1.